The van der Waals surface area contributed by atoms with Gasteiger partial charge in [-0.15, -0.1) is 0 Å². The highest BCUT2D eigenvalue weighted by Gasteiger charge is 2.11. The number of anilines is 1. The van der Waals surface area contributed by atoms with Gasteiger partial charge < -0.3 is 15.7 Å². The molecule has 0 saturated heterocycles. The normalized spacial score (nSPS) is 10.2. The Morgan fingerprint density at radius 2 is 2.13 bits per heavy atom. The summed E-state index contributed by atoms with van der Waals surface area (Å²) in [4.78, 5) is 10.2. The maximum absolute atomic E-state index is 10.8. The number of nitrogens with zero attached hydrogens (tertiary/aromatic N) is 1. The number of nitro groups is 1. The van der Waals surface area contributed by atoms with Crippen LogP contribution in [0, 0.1) is 17.0 Å². The molecule has 3 N–H and O–H groups in total. The molecule has 0 aliphatic rings. The van der Waals surface area contributed by atoms with Crippen LogP contribution in [0.1, 0.15) is 11.1 Å². The predicted molar refractivity (Wildman–Crippen MR) is 94.0 cm³/mol. The van der Waals surface area contributed by atoms with Crippen molar-refractivity contribution in [1.29, 1.82) is 0 Å². The number of aromatic hydroxyl groups is 1. The number of thiocarbonyl (C=S) groups is 1. The van der Waals surface area contributed by atoms with Gasteiger partial charge in [-0.05, 0) is 42.9 Å². The molecule has 0 amide bonds. The zero-order valence-electron chi connectivity index (χ0n) is 12.2. The first kappa shape index (κ1) is 17.0. The molecule has 0 atom stereocenters. The van der Waals surface area contributed by atoms with Crippen molar-refractivity contribution in [2.24, 2.45) is 0 Å². The van der Waals surface area contributed by atoms with E-state index in [-0.39, 0.29) is 18.0 Å². The van der Waals surface area contributed by atoms with Crippen molar-refractivity contribution >= 4 is 40.3 Å². The number of phenolic OH excluding ortho intramolecular Hbond substituents is 1. The summed E-state index contributed by atoms with van der Waals surface area (Å²) in [5.41, 5.74) is 1.91. The number of non-ortho nitro benzene ring substituents is 1. The molecule has 2 rings (SSSR count). The summed E-state index contributed by atoms with van der Waals surface area (Å²) < 4.78 is 0. The standard InChI is InChI=1S/C15H14ClN3O3S/c1-9-12(16)3-2-4-13(9)18-15(23)17-8-10-7-11(19(21)22)5-6-14(10)20/h2-7,20H,8H2,1H3,(H2,17,18,23). The summed E-state index contributed by atoms with van der Waals surface area (Å²) >= 11 is 11.2. The van der Waals surface area contributed by atoms with Crippen molar-refractivity contribution in [3.05, 3.63) is 62.7 Å². The molecule has 0 radical (unpaired) electrons. The van der Waals surface area contributed by atoms with Gasteiger partial charge in [0.2, 0.25) is 0 Å². The second-order valence-corrected chi connectivity index (χ2v) is 5.61. The largest absolute Gasteiger partial charge is 0.508 e. The molecule has 6 nitrogen and oxygen atoms in total. The number of nitrogens with one attached hydrogen (secondary N) is 2. The molecule has 8 heteroatoms. The minimum Gasteiger partial charge on any atom is -0.508 e. The zero-order chi connectivity index (χ0) is 17.0. The molecule has 120 valence electrons. The summed E-state index contributed by atoms with van der Waals surface area (Å²) in [5.74, 6) is -0.0372. The van der Waals surface area contributed by atoms with Gasteiger partial charge in [-0.25, -0.2) is 0 Å². The molecule has 23 heavy (non-hydrogen) atoms. The van der Waals surface area contributed by atoms with Gasteiger partial charge in [-0.3, -0.25) is 10.1 Å². The SMILES string of the molecule is Cc1c(Cl)cccc1NC(=S)NCc1cc([N+](=O)[O-])ccc1O. The number of hydrogen-bond donors (Lipinski definition) is 3. The molecule has 2 aromatic carbocycles. The number of hydrogen-bond acceptors (Lipinski definition) is 4. The third-order valence-corrected chi connectivity index (χ3v) is 3.89. The van der Waals surface area contributed by atoms with Crippen LogP contribution in [0.3, 0.4) is 0 Å². The smallest absolute Gasteiger partial charge is 0.270 e. The fourth-order valence-electron chi connectivity index (χ4n) is 1.91. The first-order chi connectivity index (χ1) is 10.9. The van der Waals surface area contributed by atoms with Gasteiger partial charge >= 0.3 is 0 Å². The average Bonchev–Trinajstić information content (AvgIpc) is 2.51. The van der Waals surface area contributed by atoms with E-state index in [1.165, 1.54) is 18.2 Å². The molecule has 0 aliphatic heterocycles. The molecule has 0 heterocycles. The lowest BCUT2D eigenvalue weighted by molar-refractivity contribution is -0.384. The summed E-state index contributed by atoms with van der Waals surface area (Å²) in [5, 5.41) is 27.4. The number of benzene rings is 2. The Kier molecular flexibility index (Phi) is 5.36. The van der Waals surface area contributed by atoms with E-state index in [9.17, 15) is 15.2 Å². The Balaban J connectivity index is 2.03. The van der Waals surface area contributed by atoms with Crippen LogP contribution in [-0.2, 0) is 6.54 Å². The number of phenols is 1. The van der Waals surface area contributed by atoms with Crippen LogP contribution in [0.25, 0.3) is 0 Å². The second-order valence-electron chi connectivity index (χ2n) is 4.79. The number of halogens is 1. The zero-order valence-corrected chi connectivity index (χ0v) is 13.7. The summed E-state index contributed by atoms with van der Waals surface area (Å²) in [6.45, 7) is 2.01. The first-order valence-electron chi connectivity index (χ1n) is 6.64. The highest BCUT2D eigenvalue weighted by Crippen LogP contribution is 2.24. The molecule has 0 spiro atoms. The van der Waals surface area contributed by atoms with Gasteiger partial charge in [-0.2, -0.15) is 0 Å². The van der Waals surface area contributed by atoms with E-state index in [1.807, 2.05) is 13.0 Å². The van der Waals surface area contributed by atoms with Crippen LogP contribution in [0.4, 0.5) is 11.4 Å². The van der Waals surface area contributed by atoms with Crippen LogP contribution in [0.5, 0.6) is 5.75 Å². The van der Waals surface area contributed by atoms with Gasteiger partial charge in [0.05, 0.1) is 4.92 Å². The monoisotopic (exact) mass is 351 g/mol. The summed E-state index contributed by atoms with van der Waals surface area (Å²) in [6.07, 6.45) is 0. The lowest BCUT2D eigenvalue weighted by atomic mass is 10.2. The van der Waals surface area contributed by atoms with E-state index >= 15 is 0 Å². The lowest BCUT2D eigenvalue weighted by Crippen LogP contribution is -2.28. The van der Waals surface area contributed by atoms with E-state index in [0.29, 0.717) is 15.7 Å². The highest BCUT2D eigenvalue weighted by atomic mass is 35.5. The molecule has 0 aromatic heterocycles. The van der Waals surface area contributed by atoms with Gasteiger partial charge in [0, 0.05) is 35.0 Å². The minimum absolute atomic E-state index is 0.0372. The van der Waals surface area contributed by atoms with Crippen molar-refractivity contribution in [2.45, 2.75) is 13.5 Å². The van der Waals surface area contributed by atoms with Crippen molar-refractivity contribution in [2.75, 3.05) is 5.32 Å². The van der Waals surface area contributed by atoms with E-state index in [4.69, 9.17) is 23.8 Å². The molecule has 0 fully saturated rings. The van der Waals surface area contributed by atoms with E-state index in [1.54, 1.807) is 12.1 Å². The molecule has 2 aromatic rings. The van der Waals surface area contributed by atoms with Gasteiger partial charge in [0.1, 0.15) is 5.75 Å². The van der Waals surface area contributed by atoms with Gasteiger partial charge in [-0.1, -0.05) is 17.7 Å². The van der Waals surface area contributed by atoms with Crippen molar-refractivity contribution in [1.82, 2.24) is 5.32 Å². The van der Waals surface area contributed by atoms with Crippen molar-refractivity contribution < 1.29 is 10.0 Å². The van der Waals surface area contributed by atoms with Crippen LogP contribution >= 0.6 is 23.8 Å². The van der Waals surface area contributed by atoms with Gasteiger partial charge in [0.15, 0.2) is 5.11 Å². The predicted octanol–water partition coefficient (Wildman–Crippen LogP) is 3.75. The molecule has 0 bridgehead atoms. The van der Waals surface area contributed by atoms with Crippen LogP contribution < -0.4 is 10.6 Å². The highest BCUT2D eigenvalue weighted by molar-refractivity contribution is 7.80. The quantitative estimate of drug-likeness (QED) is 0.442. The third kappa shape index (κ3) is 4.30. The second kappa shape index (κ2) is 7.26. The minimum atomic E-state index is -0.519. The summed E-state index contributed by atoms with van der Waals surface area (Å²) in [6, 6.07) is 9.24. The fourth-order valence-corrected chi connectivity index (χ4v) is 2.27. The van der Waals surface area contributed by atoms with Crippen LogP contribution in [-0.4, -0.2) is 15.1 Å². The molecular formula is C15H14ClN3O3S. The van der Waals surface area contributed by atoms with E-state index in [2.05, 4.69) is 10.6 Å². The van der Waals surface area contributed by atoms with Crippen molar-refractivity contribution in [3.63, 3.8) is 0 Å². The Bertz CT molecular complexity index is 768. The topological polar surface area (TPSA) is 87.4 Å². The first-order valence-corrected chi connectivity index (χ1v) is 7.43. The Morgan fingerprint density at radius 3 is 2.83 bits per heavy atom. The number of nitro benzene ring substituents is 1. The van der Waals surface area contributed by atoms with Gasteiger partial charge in [0.25, 0.3) is 5.69 Å². The fraction of sp³-hybridized carbons (Fsp3) is 0.133. The Morgan fingerprint density at radius 1 is 1.39 bits per heavy atom. The van der Waals surface area contributed by atoms with Crippen LogP contribution in [0.2, 0.25) is 5.02 Å². The summed E-state index contributed by atoms with van der Waals surface area (Å²) in [7, 11) is 0. The maximum atomic E-state index is 10.8. The molecular weight excluding hydrogens is 338 g/mol. The van der Waals surface area contributed by atoms with E-state index < -0.39 is 4.92 Å². The van der Waals surface area contributed by atoms with Crippen LogP contribution in [0.15, 0.2) is 36.4 Å². The number of rotatable bonds is 4. The molecule has 0 aliphatic carbocycles. The average molecular weight is 352 g/mol. The Hall–Kier alpha value is -2.38. The maximum Gasteiger partial charge on any atom is 0.270 e. The molecule has 0 saturated carbocycles. The van der Waals surface area contributed by atoms with Crippen molar-refractivity contribution in [3.8, 4) is 5.75 Å². The van der Waals surface area contributed by atoms with E-state index in [0.717, 1.165) is 11.3 Å². The Labute approximate surface area is 143 Å². The molecule has 0 unspecified atom stereocenters. The lowest BCUT2D eigenvalue weighted by Gasteiger charge is -2.13. The third-order valence-electron chi connectivity index (χ3n) is 3.23.